The van der Waals surface area contributed by atoms with Crippen molar-refractivity contribution in [3.63, 3.8) is 0 Å². The quantitative estimate of drug-likeness (QED) is 0.911. The van der Waals surface area contributed by atoms with Crippen LogP contribution in [0, 0.1) is 0 Å². The van der Waals surface area contributed by atoms with Crippen molar-refractivity contribution in [2.24, 2.45) is 0 Å². The van der Waals surface area contributed by atoms with Crippen LogP contribution in [0.15, 0.2) is 58.3 Å². The van der Waals surface area contributed by atoms with Gasteiger partial charge in [-0.25, -0.2) is 8.42 Å². The standard InChI is InChI=1S/C15H16O4S/c1-15(2,17)11-3-7-13(8-4-11)20(18,19)14-9-5-12(16)6-10-14/h3-10,16-17H,1-2H3. The molecule has 0 aromatic heterocycles. The van der Waals surface area contributed by atoms with Crippen LogP contribution in [0.25, 0.3) is 0 Å². The number of sulfone groups is 1. The van der Waals surface area contributed by atoms with Crippen LogP contribution in [0.3, 0.4) is 0 Å². The zero-order valence-electron chi connectivity index (χ0n) is 11.2. The van der Waals surface area contributed by atoms with Crippen LogP contribution in [0.5, 0.6) is 5.75 Å². The summed E-state index contributed by atoms with van der Waals surface area (Å²) >= 11 is 0. The van der Waals surface area contributed by atoms with Crippen molar-refractivity contribution in [1.82, 2.24) is 0 Å². The first kappa shape index (κ1) is 14.6. The predicted molar refractivity (Wildman–Crippen MR) is 75.2 cm³/mol. The number of benzene rings is 2. The van der Waals surface area contributed by atoms with E-state index < -0.39 is 15.4 Å². The molecule has 0 fully saturated rings. The fraction of sp³-hybridized carbons (Fsp3) is 0.200. The van der Waals surface area contributed by atoms with Crippen molar-refractivity contribution < 1.29 is 18.6 Å². The highest BCUT2D eigenvalue weighted by molar-refractivity contribution is 7.91. The van der Waals surface area contributed by atoms with Gasteiger partial charge in [-0.1, -0.05) is 12.1 Å². The van der Waals surface area contributed by atoms with Crippen molar-refractivity contribution in [2.75, 3.05) is 0 Å². The van der Waals surface area contributed by atoms with Crippen molar-refractivity contribution >= 4 is 9.84 Å². The van der Waals surface area contributed by atoms with Gasteiger partial charge in [0.1, 0.15) is 5.75 Å². The first-order valence-electron chi connectivity index (χ1n) is 6.08. The first-order valence-corrected chi connectivity index (χ1v) is 7.56. The molecular formula is C15H16O4S. The number of aliphatic hydroxyl groups is 1. The molecule has 0 heterocycles. The Kier molecular flexibility index (Phi) is 3.58. The average molecular weight is 292 g/mol. The summed E-state index contributed by atoms with van der Waals surface area (Å²) in [6.07, 6.45) is 0. The topological polar surface area (TPSA) is 74.6 Å². The van der Waals surface area contributed by atoms with E-state index in [-0.39, 0.29) is 15.5 Å². The van der Waals surface area contributed by atoms with Crippen LogP contribution in [-0.4, -0.2) is 18.6 Å². The molecule has 4 nitrogen and oxygen atoms in total. The van der Waals surface area contributed by atoms with Crippen LogP contribution in [0.2, 0.25) is 0 Å². The third-order valence-electron chi connectivity index (χ3n) is 3.02. The Bertz CT molecular complexity index is 693. The molecule has 2 rings (SSSR count). The molecule has 0 aliphatic rings. The Balaban J connectivity index is 2.42. The molecule has 20 heavy (non-hydrogen) atoms. The average Bonchev–Trinajstić information content (AvgIpc) is 2.38. The highest BCUT2D eigenvalue weighted by atomic mass is 32.2. The summed E-state index contributed by atoms with van der Waals surface area (Å²) in [6.45, 7) is 3.27. The van der Waals surface area contributed by atoms with Crippen molar-refractivity contribution in [3.8, 4) is 5.75 Å². The third kappa shape index (κ3) is 2.84. The molecule has 2 aromatic carbocycles. The van der Waals surface area contributed by atoms with E-state index in [1.54, 1.807) is 26.0 Å². The molecule has 0 saturated heterocycles. The van der Waals surface area contributed by atoms with Crippen LogP contribution < -0.4 is 0 Å². The maximum Gasteiger partial charge on any atom is 0.206 e. The summed E-state index contributed by atoms with van der Waals surface area (Å²) in [4.78, 5) is 0.266. The zero-order chi connectivity index (χ0) is 15.0. The number of rotatable bonds is 3. The molecule has 0 aliphatic heterocycles. The third-order valence-corrected chi connectivity index (χ3v) is 4.80. The summed E-state index contributed by atoms with van der Waals surface area (Å²) in [5.74, 6) is 0.0151. The van der Waals surface area contributed by atoms with Gasteiger partial charge < -0.3 is 10.2 Å². The van der Waals surface area contributed by atoms with Gasteiger partial charge in [-0.05, 0) is 55.8 Å². The second-order valence-electron chi connectivity index (χ2n) is 5.08. The number of aromatic hydroxyl groups is 1. The van der Waals surface area contributed by atoms with E-state index in [0.29, 0.717) is 5.56 Å². The highest BCUT2D eigenvalue weighted by Crippen LogP contribution is 2.25. The van der Waals surface area contributed by atoms with Gasteiger partial charge in [-0.2, -0.15) is 0 Å². The Hall–Kier alpha value is -1.85. The summed E-state index contributed by atoms with van der Waals surface area (Å²) in [6, 6.07) is 11.5. The molecule has 0 aliphatic carbocycles. The molecule has 5 heteroatoms. The fourth-order valence-electron chi connectivity index (χ4n) is 1.80. The van der Waals surface area contributed by atoms with Crippen molar-refractivity contribution in [1.29, 1.82) is 0 Å². The lowest BCUT2D eigenvalue weighted by atomic mass is 9.99. The fourth-order valence-corrected chi connectivity index (χ4v) is 3.06. The Morgan fingerprint density at radius 2 is 1.25 bits per heavy atom. The smallest absolute Gasteiger partial charge is 0.206 e. The Labute approximate surface area is 118 Å². The Morgan fingerprint density at radius 1 is 0.850 bits per heavy atom. The molecule has 106 valence electrons. The van der Waals surface area contributed by atoms with E-state index in [9.17, 15) is 18.6 Å². The van der Waals surface area contributed by atoms with E-state index in [2.05, 4.69) is 0 Å². The maximum absolute atomic E-state index is 12.4. The lowest BCUT2D eigenvalue weighted by molar-refractivity contribution is 0.0785. The van der Waals surface area contributed by atoms with Gasteiger partial charge in [0.15, 0.2) is 0 Å². The molecule has 0 saturated carbocycles. The summed E-state index contributed by atoms with van der Waals surface area (Å²) in [7, 11) is -3.61. The van der Waals surface area contributed by atoms with Gasteiger partial charge in [-0.3, -0.25) is 0 Å². The van der Waals surface area contributed by atoms with Crippen LogP contribution in [-0.2, 0) is 15.4 Å². The number of hydrogen-bond donors (Lipinski definition) is 2. The van der Waals surface area contributed by atoms with Gasteiger partial charge in [0.25, 0.3) is 0 Å². The molecular weight excluding hydrogens is 276 g/mol. The molecule has 0 atom stereocenters. The van der Waals surface area contributed by atoms with E-state index in [1.165, 1.54) is 36.4 Å². The zero-order valence-corrected chi connectivity index (χ0v) is 12.1. The predicted octanol–water partition coefficient (Wildman–Crippen LogP) is 2.45. The first-order chi connectivity index (χ1) is 9.21. The molecule has 2 N–H and O–H groups in total. The monoisotopic (exact) mass is 292 g/mol. The van der Waals surface area contributed by atoms with Gasteiger partial charge in [0.2, 0.25) is 9.84 Å². The molecule has 2 aromatic rings. The second-order valence-corrected chi connectivity index (χ2v) is 7.03. The molecule has 0 spiro atoms. The minimum atomic E-state index is -3.61. The maximum atomic E-state index is 12.4. The largest absolute Gasteiger partial charge is 0.508 e. The summed E-state index contributed by atoms with van der Waals surface area (Å²) in [5, 5.41) is 19.0. The van der Waals surface area contributed by atoms with E-state index in [0.717, 1.165) is 0 Å². The number of hydrogen-bond acceptors (Lipinski definition) is 4. The van der Waals surface area contributed by atoms with Crippen LogP contribution in [0.4, 0.5) is 0 Å². The number of phenols is 1. The SMILES string of the molecule is CC(C)(O)c1ccc(S(=O)(=O)c2ccc(O)cc2)cc1. The summed E-state index contributed by atoms with van der Waals surface area (Å²) < 4.78 is 24.7. The highest BCUT2D eigenvalue weighted by Gasteiger charge is 2.20. The van der Waals surface area contributed by atoms with Crippen LogP contribution >= 0.6 is 0 Å². The molecule has 0 bridgehead atoms. The minimum absolute atomic E-state index is 0.0151. The van der Waals surface area contributed by atoms with E-state index >= 15 is 0 Å². The van der Waals surface area contributed by atoms with Gasteiger partial charge >= 0.3 is 0 Å². The lowest BCUT2D eigenvalue weighted by Gasteiger charge is -2.17. The molecule has 0 amide bonds. The number of phenolic OH excluding ortho intramolecular Hbond substituents is 1. The van der Waals surface area contributed by atoms with E-state index in [4.69, 9.17) is 0 Å². The van der Waals surface area contributed by atoms with E-state index in [1.807, 2.05) is 0 Å². The minimum Gasteiger partial charge on any atom is -0.508 e. The molecule has 0 unspecified atom stereocenters. The van der Waals surface area contributed by atoms with Gasteiger partial charge in [0, 0.05) is 0 Å². The van der Waals surface area contributed by atoms with Crippen LogP contribution in [0.1, 0.15) is 19.4 Å². The van der Waals surface area contributed by atoms with Crippen molar-refractivity contribution in [3.05, 3.63) is 54.1 Å². The van der Waals surface area contributed by atoms with Crippen molar-refractivity contribution in [2.45, 2.75) is 29.2 Å². The lowest BCUT2D eigenvalue weighted by Crippen LogP contribution is -2.15. The Morgan fingerprint density at radius 3 is 1.65 bits per heavy atom. The molecule has 0 radical (unpaired) electrons. The van der Waals surface area contributed by atoms with Gasteiger partial charge in [-0.15, -0.1) is 0 Å². The normalized spacial score (nSPS) is 12.3. The summed E-state index contributed by atoms with van der Waals surface area (Å²) in [5.41, 5.74) is -0.372. The van der Waals surface area contributed by atoms with Gasteiger partial charge in [0.05, 0.1) is 15.4 Å². The second kappa shape index (κ2) is 4.92.